The number of benzene rings is 1. The topological polar surface area (TPSA) is 55.8 Å². The predicted molar refractivity (Wildman–Crippen MR) is 65.4 cm³/mol. The molecule has 0 amide bonds. The number of carbonyl (C=O) groups is 1. The molecule has 0 unspecified atom stereocenters. The van der Waals surface area contributed by atoms with Gasteiger partial charge in [-0.2, -0.15) is 0 Å². The molecule has 1 aliphatic heterocycles. The van der Waals surface area contributed by atoms with E-state index in [0.29, 0.717) is 19.0 Å². The molecule has 1 N–H and O–H groups in total. The number of rotatable bonds is 3. The Hall–Kier alpha value is -1.71. The lowest BCUT2D eigenvalue weighted by Crippen LogP contribution is -2.23. The van der Waals surface area contributed by atoms with Crippen LogP contribution in [0.15, 0.2) is 12.1 Å². The summed E-state index contributed by atoms with van der Waals surface area (Å²) in [5.74, 6) is 0.692. The molecule has 0 aromatic heterocycles. The molecule has 1 aromatic rings. The number of aliphatic carboxylic acids is 1. The molecule has 4 heteroatoms. The number of fused-ring (bicyclic) bond motifs is 1. The zero-order valence-electron chi connectivity index (χ0n) is 10.4. The summed E-state index contributed by atoms with van der Waals surface area (Å²) in [4.78, 5) is 11.4. The van der Waals surface area contributed by atoms with Gasteiger partial charge in [0.1, 0.15) is 13.2 Å². The summed E-state index contributed by atoms with van der Waals surface area (Å²) in [5, 5.41) is 9.41. The van der Waals surface area contributed by atoms with E-state index in [4.69, 9.17) is 9.47 Å². The fraction of sp³-hybridized carbons (Fsp3) is 0.500. The van der Waals surface area contributed by atoms with Gasteiger partial charge in [0.05, 0.1) is 5.41 Å². The Morgan fingerprint density at radius 1 is 1.28 bits per heavy atom. The lowest BCUT2D eigenvalue weighted by atomic mass is 9.89. The molecule has 96 valence electrons. The predicted octanol–water partition coefficient (Wildman–Crippen LogP) is 2.14. The van der Waals surface area contributed by atoms with Crippen LogP contribution in [0.4, 0.5) is 0 Å². The molecule has 1 aliphatic carbocycles. The smallest absolute Gasteiger partial charge is 0.314 e. The Bertz CT molecular complexity index is 503. The van der Waals surface area contributed by atoms with E-state index in [2.05, 4.69) is 0 Å². The van der Waals surface area contributed by atoms with Crippen LogP contribution in [-0.4, -0.2) is 24.3 Å². The third kappa shape index (κ3) is 1.55. The first kappa shape index (κ1) is 11.4. The van der Waals surface area contributed by atoms with Gasteiger partial charge in [0.25, 0.3) is 0 Å². The average Bonchev–Trinajstić information content (AvgIpc) is 3.18. The highest BCUT2D eigenvalue weighted by Crippen LogP contribution is 2.52. The standard InChI is InChI=1S/C14H16O4/c1-2-9-7-11-12(18-6-5-17-11)8-10(9)14(3-4-14)13(15)16/h7-8H,2-6H2,1H3,(H,15,16). The number of hydrogen-bond donors (Lipinski definition) is 1. The molecule has 3 rings (SSSR count). The summed E-state index contributed by atoms with van der Waals surface area (Å²) in [5.41, 5.74) is 1.28. The number of hydrogen-bond acceptors (Lipinski definition) is 3. The zero-order valence-corrected chi connectivity index (χ0v) is 10.4. The summed E-state index contributed by atoms with van der Waals surface area (Å²) in [6.07, 6.45) is 2.24. The summed E-state index contributed by atoms with van der Waals surface area (Å²) in [6, 6.07) is 3.81. The van der Waals surface area contributed by atoms with Crippen molar-refractivity contribution in [1.82, 2.24) is 0 Å². The van der Waals surface area contributed by atoms with Gasteiger partial charge in [-0.05, 0) is 42.5 Å². The second kappa shape index (κ2) is 3.90. The van der Waals surface area contributed by atoms with Gasteiger partial charge in [0.15, 0.2) is 11.5 Å². The van der Waals surface area contributed by atoms with Crippen molar-refractivity contribution in [2.24, 2.45) is 0 Å². The molecule has 0 radical (unpaired) electrons. The molecule has 0 bridgehead atoms. The maximum atomic E-state index is 11.4. The van der Waals surface area contributed by atoms with Crippen LogP contribution in [0.25, 0.3) is 0 Å². The van der Waals surface area contributed by atoms with Crippen LogP contribution in [0.5, 0.6) is 11.5 Å². The molecule has 1 aromatic carbocycles. The minimum Gasteiger partial charge on any atom is -0.486 e. The van der Waals surface area contributed by atoms with E-state index in [1.54, 1.807) is 0 Å². The minimum atomic E-state index is -0.728. The SMILES string of the molecule is CCc1cc2c(cc1C1(C(=O)O)CC1)OCCO2. The monoisotopic (exact) mass is 248 g/mol. The van der Waals surface area contributed by atoms with E-state index in [-0.39, 0.29) is 0 Å². The third-order valence-corrected chi connectivity index (χ3v) is 3.82. The number of ether oxygens (including phenoxy) is 2. The van der Waals surface area contributed by atoms with Crippen molar-refractivity contribution in [3.63, 3.8) is 0 Å². The molecular weight excluding hydrogens is 232 g/mol. The van der Waals surface area contributed by atoms with Crippen LogP contribution in [0, 0.1) is 0 Å². The van der Waals surface area contributed by atoms with Crippen LogP contribution in [0.3, 0.4) is 0 Å². The van der Waals surface area contributed by atoms with Crippen LogP contribution in [0.1, 0.15) is 30.9 Å². The van der Waals surface area contributed by atoms with E-state index < -0.39 is 11.4 Å². The molecule has 18 heavy (non-hydrogen) atoms. The molecule has 0 atom stereocenters. The van der Waals surface area contributed by atoms with Gasteiger partial charge in [0.2, 0.25) is 0 Å². The van der Waals surface area contributed by atoms with Crippen LogP contribution in [-0.2, 0) is 16.6 Å². The zero-order chi connectivity index (χ0) is 12.8. The fourth-order valence-corrected chi connectivity index (χ4v) is 2.59. The molecular formula is C14H16O4. The van der Waals surface area contributed by atoms with Crippen molar-refractivity contribution in [2.45, 2.75) is 31.6 Å². The summed E-state index contributed by atoms with van der Waals surface area (Å²) in [7, 11) is 0. The highest BCUT2D eigenvalue weighted by molar-refractivity contribution is 5.86. The molecule has 0 spiro atoms. The second-order valence-corrected chi connectivity index (χ2v) is 4.89. The number of aryl methyl sites for hydroxylation is 1. The van der Waals surface area contributed by atoms with Gasteiger partial charge in [-0.1, -0.05) is 6.92 Å². The normalized spacial score (nSPS) is 19.4. The Balaban J connectivity index is 2.11. The van der Waals surface area contributed by atoms with E-state index in [0.717, 1.165) is 36.1 Å². The van der Waals surface area contributed by atoms with Gasteiger partial charge in [-0.15, -0.1) is 0 Å². The highest BCUT2D eigenvalue weighted by Gasteiger charge is 2.53. The molecule has 1 heterocycles. The Morgan fingerprint density at radius 3 is 2.39 bits per heavy atom. The average molecular weight is 248 g/mol. The van der Waals surface area contributed by atoms with Crippen LogP contribution in [0.2, 0.25) is 0 Å². The lowest BCUT2D eigenvalue weighted by molar-refractivity contribution is -0.140. The quantitative estimate of drug-likeness (QED) is 0.890. The first-order valence-electron chi connectivity index (χ1n) is 6.34. The maximum absolute atomic E-state index is 11.4. The Kier molecular flexibility index (Phi) is 2.47. The van der Waals surface area contributed by atoms with Gasteiger partial charge in [-0.25, -0.2) is 0 Å². The molecule has 4 nitrogen and oxygen atoms in total. The van der Waals surface area contributed by atoms with Gasteiger partial charge >= 0.3 is 5.97 Å². The van der Waals surface area contributed by atoms with Crippen molar-refractivity contribution in [1.29, 1.82) is 0 Å². The minimum absolute atomic E-state index is 0.526. The second-order valence-electron chi connectivity index (χ2n) is 4.89. The fourth-order valence-electron chi connectivity index (χ4n) is 2.59. The van der Waals surface area contributed by atoms with E-state index in [1.165, 1.54) is 0 Å². The molecule has 1 fully saturated rings. The Morgan fingerprint density at radius 2 is 1.89 bits per heavy atom. The van der Waals surface area contributed by atoms with E-state index in [9.17, 15) is 9.90 Å². The summed E-state index contributed by atoms with van der Waals surface area (Å²) in [6.45, 7) is 3.12. The molecule has 0 saturated heterocycles. The molecule has 1 saturated carbocycles. The lowest BCUT2D eigenvalue weighted by Gasteiger charge is -2.23. The van der Waals surface area contributed by atoms with Gasteiger partial charge < -0.3 is 14.6 Å². The summed E-state index contributed by atoms with van der Waals surface area (Å²) >= 11 is 0. The van der Waals surface area contributed by atoms with Gasteiger partial charge in [-0.3, -0.25) is 4.79 Å². The highest BCUT2D eigenvalue weighted by atomic mass is 16.6. The van der Waals surface area contributed by atoms with Crippen molar-refractivity contribution in [3.05, 3.63) is 23.3 Å². The number of carboxylic acids is 1. The van der Waals surface area contributed by atoms with Crippen molar-refractivity contribution in [3.8, 4) is 11.5 Å². The maximum Gasteiger partial charge on any atom is 0.314 e. The Labute approximate surface area is 106 Å². The van der Waals surface area contributed by atoms with Crippen molar-refractivity contribution >= 4 is 5.97 Å². The van der Waals surface area contributed by atoms with Crippen molar-refractivity contribution < 1.29 is 19.4 Å². The molecule has 2 aliphatic rings. The first-order chi connectivity index (χ1) is 8.67. The van der Waals surface area contributed by atoms with E-state index in [1.807, 2.05) is 19.1 Å². The van der Waals surface area contributed by atoms with Crippen molar-refractivity contribution in [2.75, 3.05) is 13.2 Å². The third-order valence-electron chi connectivity index (χ3n) is 3.82. The van der Waals surface area contributed by atoms with Crippen LogP contribution < -0.4 is 9.47 Å². The largest absolute Gasteiger partial charge is 0.486 e. The summed E-state index contributed by atoms with van der Waals surface area (Å²) < 4.78 is 11.1. The van der Waals surface area contributed by atoms with E-state index >= 15 is 0 Å². The van der Waals surface area contributed by atoms with Crippen LogP contribution >= 0.6 is 0 Å². The van der Waals surface area contributed by atoms with Gasteiger partial charge in [0, 0.05) is 0 Å². The number of carboxylic acid groups (broad SMARTS) is 1. The first-order valence-corrected chi connectivity index (χ1v) is 6.34.